The fourth-order valence-electron chi connectivity index (χ4n) is 1.72. The summed E-state index contributed by atoms with van der Waals surface area (Å²) in [6.07, 6.45) is 0. The van der Waals surface area contributed by atoms with E-state index in [1.165, 1.54) is 6.07 Å². The monoisotopic (exact) mass is 257 g/mol. The lowest BCUT2D eigenvalue weighted by Gasteiger charge is -2.09. The Balaban J connectivity index is 2.07. The van der Waals surface area contributed by atoms with Crippen molar-refractivity contribution in [3.63, 3.8) is 0 Å². The Labute approximate surface area is 112 Å². The Hall–Kier alpha value is -2.36. The van der Waals surface area contributed by atoms with E-state index in [4.69, 9.17) is 5.73 Å². The lowest BCUT2D eigenvalue weighted by Crippen LogP contribution is -2.23. The van der Waals surface area contributed by atoms with Crippen molar-refractivity contribution in [3.05, 3.63) is 65.5 Å². The highest BCUT2D eigenvalue weighted by Crippen LogP contribution is 2.18. The van der Waals surface area contributed by atoms with Gasteiger partial charge in [-0.15, -0.1) is 0 Å². The number of nitrogens with one attached hydrogen (secondary N) is 1. The van der Waals surface area contributed by atoms with Crippen molar-refractivity contribution in [2.24, 2.45) is 10.7 Å². The molecule has 0 heterocycles. The number of nitrogens with two attached hydrogens (primary N) is 1. The van der Waals surface area contributed by atoms with Crippen LogP contribution < -0.4 is 11.1 Å². The minimum Gasteiger partial charge on any atom is -0.370 e. The van der Waals surface area contributed by atoms with Crippen LogP contribution in [0.1, 0.15) is 11.1 Å². The van der Waals surface area contributed by atoms with Crippen molar-refractivity contribution in [2.75, 3.05) is 5.32 Å². The summed E-state index contributed by atoms with van der Waals surface area (Å²) in [7, 11) is 0. The van der Waals surface area contributed by atoms with Crippen molar-refractivity contribution in [2.45, 2.75) is 13.5 Å². The van der Waals surface area contributed by atoms with Crippen molar-refractivity contribution in [1.29, 1.82) is 0 Å². The van der Waals surface area contributed by atoms with Crippen LogP contribution in [0, 0.1) is 12.7 Å². The van der Waals surface area contributed by atoms with Gasteiger partial charge < -0.3 is 11.1 Å². The molecule has 3 N–H and O–H groups in total. The molecule has 4 heteroatoms. The molecule has 0 atom stereocenters. The van der Waals surface area contributed by atoms with Gasteiger partial charge in [0.25, 0.3) is 0 Å². The predicted octanol–water partition coefficient (Wildman–Crippen LogP) is 3.06. The molecule has 0 fully saturated rings. The van der Waals surface area contributed by atoms with Gasteiger partial charge >= 0.3 is 0 Å². The normalized spacial score (nSPS) is 11.4. The number of hydrogen-bond donors (Lipinski definition) is 2. The molecule has 0 radical (unpaired) electrons. The molecule has 0 unspecified atom stereocenters. The van der Waals surface area contributed by atoms with Gasteiger partial charge in [0.15, 0.2) is 5.96 Å². The van der Waals surface area contributed by atoms with E-state index >= 15 is 0 Å². The molecule has 3 nitrogen and oxygen atoms in total. The zero-order valence-electron chi connectivity index (χ0n) is 10.7. The zero-order chi connectivity index (χ0) is 13.7. The van der Waals surface area contributed by atoms with E-state index in [0.29, 0.717) is 12.2 Å². The maximum Gasteiger partial charge on any atom is 0.193 e. The molecule has 98 valence electrons. The highest BCUT2D eigenvalue weighted by atomic mass is 19.1. The van der Waals surface area contributed by atoms with Gasteiger partial charge in [-0.1, -0.05) is 42.5 Å². The van der Waals surface area contributed by atoms with Gasteiger partial charge in [0, 0.05) is 0 Å². The van der Waals surface area contributed by atoms with Crippen LogP contribution in [0.15, 0.2) is 53.5 Å². The fourth-order valence-corrected chi connectivity index (χ4v) is 1.72. The second-order valence-electron chi connectivity index (χ2n) is 4.24. The molecule has 0 aromatic heterocycles. The maximum absolute atomic E-state index is 13.6. The summed E-state index contributed by atoms with van der Waals surface area (Å²) in [5.74, 6) is -0.130. The molecular weight excluding hydrogens is 241 g/mol. The summed E-state index contributed by atoms with van der Waals surface area (Å²) in [4.78, 5) is 4.19. The number of nitrogens with zero attached hydrogens (tertiary/aromatic N) is 1. The number of benzene rings is 2. The SMILES string of the molecule is Cc1cccc(F)c1NC(N)=NCc1ccccc1. The summed E-state index contributed by atoms with van der Waals surface area (Å²) >= 11 is 0. The van der Waals surface area contributed by atoms with Gasteiger partial charge in [-0.05, 0) is 24.1 Å². The quantitative estimate of drug-likeness (QED) is 0.656. The third kappa shape index (κ3) is 3.55. The molecule has 2 aromatic rings. The summed E-state index contributed by atoms with van der Waals surface area (Å²) < 4.78 is 13.6. The molecule has 0 saturated heterocycles. The van der Waals surface area contributed by atoms with E-state index in [9.17, 15) is 4.39 Å². The lowest BCUT2D eigenvalue weighted by atomic mass is 10.2. The Morgan fingerprint density at radius 2 is 1.89 bits per heavy atom. The van der Waals surface area contributed by atoms with Gasteiger partial charge in [-0.25, -0.2) is 9.38 Å². The van der Waals surface area contributed by atoms with E-state index < -0.39 is 0 Å². The van der Waals surface area contributed by atoms with E-state index in [2.05, 4.69) is 10.3 Å². The second kappa shape index (κ2) is 6.00. The zero-order valence-corrected chi connectivity index (χ0v) is 10.7. The van der Waals surface area contributed by atoms with E-state index in [-0.39, 0.29) is 11.8 Å². The van der Waals surface area contributed by atoms with Crippen LogP contribution in [-0.4, -0.2) is 5.96 Å². The standard InChI is InChI=1S/C15H16FN3/c1-11-6-5-9-13(16)14(11)19-15(17)18-10-12-7-3-2-4-8-12/h2-9H,10H2,1H3,(H3,17,18,19). The van der Waals surface area contributed by atoms with Crippen LogP contribution in [0.2, 0.25) is 0 Å². The first-order valence-corrected chi connectivity index (χ1v) is 6.03. The average molecular weight is 257 g/mol. The molecular formula is C15H16FN3. The van der Waals surface area contributed by atoms with E-state index in [1.807, 2.05) is 43.3 Å². The summed E-state index contributed by atoms with van der Waals surface area (Å²) in [6, 6.07) is 14.6. The summed E-state index contributed by atoms with van der Waals surface area (Å²) in [5, 5.41) is 2.80. The fraction of sp³-hybridized carbons (Fsp3) is 0.133. The first kappa shape index (κ1) is 13.1. The van der Waals surface area contributed by atoms with Gasteiger partial charge in [-0.2, -0.15) is 0 Å². The van der Waals surface area contributed by atoms with E-state index in [0.717, 1.165) is 11.1 Å². The van der Waals surface area contributed by atoms with Gasteiger partial charge in [0.1, 0.15) is 5.82 Å². The third-order valence-electron chi connectivity index (χ3n) is 2.75. The Morgan fingerprint density at radius 3 is 2.58 bits per heavy atom. The number of rotatable bonds is 3. The molecule has 0 saturated carbocycles. The lowest BCUT2D eigenvalue weighted by molar-refractivity contribution is 0.631. The van der Waals surface area contributed by atoms with Crippen LogP contribution in [0.25, 0.3) is 0 Å². The van der Waals surface area contributed by atoms with Crippen LogP contribution in [0.5, 0.6) is 0 Å². The number of halogens is 1. The Kier molecular flexibility index (Phi) is 4.13. The van der Waals surface area contributed by atoms with Crippen molar-refractivity contribution < 1.29 is 4.39 Å². The van der Waals surface area contributed by atoms with Crippen LogP contribution >= 0.6 is 0 Å². The van der Waals surface area contributed by atoms with Crippen molar-refractivity contribution in [3.8, 4) is 0 Å². The molecule has 0 aliphatic carbocycles. The number of hydrogen-bond acceptors (Lipinski definition) is 1. The van der Waals surface area contributed by atoms with E-state index in [1.54, 1.807) is 6.07 Å². The smallest absolute Gasteiger partial charge is 0.193 e. The molecule has 2 aromatic carbocycles. The second-order valence-corrected chi connectivity index (χ2v) is 4.24. The van der Waals surface area contributed by atoms with Crippen LogP contribution in [0.4, 0.5) is 10.1 Å². The molecule has 0 aliphatic rings. The number of para-hydroxylation sites is 1. The van der Waals surface area contributed by atoms with Crippen molar-refractivity contribution in [1.82, 2.24) is 0 Å². The highest BCUT2D eigenvalue weighted by Gasteiger charge is 2.05. The number of aryl methyl sites for hydroxylation is 1. The largest absolute Gasteiger partial charge is 0.370 e. The highest BCUT2D eigenvalue weighted by molar-refractivity contribution is 5.93. The molecule has 2 rings (SSSR count). The molecule has 19 heavy (non-hydrogen) atoms. The predicted molar refractivity (Wildman–Crippen MR) is 76.5 cm³/mol. The molecule has 0 spiro atoms. The topological polar surface area (TPSA) is 50.4 Å². The molecule has 0 aliphatic heterocycles. The Bertz CT molecular complexity index is 559. The van der Waals surface area contributed by atoms with Gasteiger partial charge in [0.05, 0.1) is 12.2 Å². The Morgan fingerprint density at radius 1 is 1.16 bits per heavy atom. The van der Waals surface area contributed by atoms with Gasteiger partial charge in [-0.3, -0.25) is 0 Å². The van der Waals surface area contributed by atoms with Crippen LogP contribution in [-0.2, 0) is 6.54 Å². The molecule has 0 amide bonds. The summed E-state index contributed by atoms with van der Waals surface area (Å²) in [6.45, 7) is 2.28. The number of guanidine groups is 1. The number of aliphatic imine (C=N–C) groups is 1. The molecule has 0 bridgehead atoms. The van der Waals surface area contributed by atoms with Crippen LogP contribution in [0.3, 0.4) is 0 Å². The minimum absolute atomic E-state index is 0.206. The number of anilines is 1. The first-order valence-electron chi connectivity index (χ1n) is 6.03. The average Bonchev–Trinajstić information content (AvgIpc) is 2.42. The third-order valence-corrected chi connectivity index (χ3v) is 2.75. The van der Waals surface area contributed by atoms with Gasteiger partial charge in [0.2, 0.25) is 0 Å². The summed E-state index contributed by atoms with van der Waals surface area (Å²) in [5.41, 5.74) is 7.98. The minimum atomic E-state index is -0.335. The first-order chi connectivity index (χ1) is 9.16. The van der Waals surface area contributed by atoms with Crippen molar-refractivity contribution >= 4 is 11.6 Å². The maximum atomic E-state index is 13.6.